The molecule has 6 heteroatoms. The molecule has 5 nitrogen and oxygen atoms in total. The van der Waals surface area contributed by atoms with Crippen LogP contribution < -0.4 is 0 Å². The number of nitrogens with zero attached hydrogens (tertiary/aromatic N) is 4. The fraction of sp³-hybridized carbons (Fsp3) is 0. The van der Waals surface area contributed by atoms with Gasteiger partial charge in [0.25, 0.3) is 0 Å². The molecule has 0 bridgehead atoms. The van der Waals surface area contributed by atoms with Crippen LogP contribution in [-0.4, -0.2) is 10.9 Å². The second kappa shape index (κ2) is 5.16. The third-order valence-corrected chi connectivity index (χ3v) is 1.72. The Hall–Kier alpha value is -1.65. The molecule has 0 saturated heterocycles. The highest BCUT2D eigenvalue weighted by atomic mass is 79.9. The normalized spacial score (nSPS) is 9.79. The lowest BCUT2D eigenvalue weighted by molar-refractivity contribution is -0.113. The van der Waals surface area contributed by atoms with Gasteiger partial charge in [0.1, 0.15) is 0 Å². The Kier molecular flexibility index (Phi) is 3.84. The highest BCUT2D eigenvalue weighted by Gasteiger charge is 1.92. The summed E-state index contributed by atoms with van der Waals surface area (Å²) in [5.74, 6) is -0.632. The maximum Gasteiger partial charge on any atom is 0.242 e. The topological polar surface area (TPSA) is 78.7 Å². The molecule has 70 valence electrons. The van der Waals surface area contributed by atoms with E-state index in [-0.39, 0.29) is 0 Å². The fourth-order valence-electron chi connectivity index (χ4n) is 0.764. The zero-order valence-electron chi connectivity index (χ0n) is 6.96. The van der Waals surface area contributed by atoms with Crippen molar-refractivity contribution in [3.63, 3.8) is 0 Å². The molecule has 0 fully saturated rings. The lowest BCUT2D eigenvalue weighted by atomic mass is 10.2. The van der Waals surface area contributed by atoms with Gasteiger partial charge >= 0.3 is 0 Å². The Morgan fingerprint density at radius 3 is 3.07 bits per heavy atom. The van der Waals surface area contributed by atoms with Crippen LogP contribution in [0.4, 0.5) is 0 Å². The smallest absolute Gasteiger partial charge is 0.242 e. The number of carbonyl (C=O) groups excluding carboxylic acids is 1. The SMILES string of the molecule is [N-]=[N+]=NC(=O)C=Cc1cncc(Br)c1. The molecule has 0 aliphatic heterocycles. The van der Waals surface area contributed by atoms with Crippen molar-refractivity contribution in [2.45, 2.75) is 0 Å². The van der Waals surface area contributed by atoms with E-state index in [2.05, 4.69) is 30.9 Å². The minimum Gasteiger partial charge on any atom is -0.288 e. The summed E-state index contributed by atoms with van der Waals surface area (Å²) >= 11 is 3.24. The van der Waals surface area contributed by atoms with Gasteiger partial charge < -0.3 is 0 Å². The average molecular weight is 253 g/mol. The van der Waals surface area contributed by atoms with Crippen LogP contribution in [0.3, 0.4) is 0 Å². The van der Waals surface area contributed by atoms with E-state index in [4.69, 9.17) is 5.53 Å². The molecule has 1 amide bonds. The fourth-order valence-corrected chi connectivity index (χ4v) is 1.15. The molecule has 1 heterocycles. The molecule has 1 aromatic rings. The summed E-state index contributed by atoms with van der Waals surface area (Å²) in [6.07, 6.45) is 5.93. The standard InChI is InChI=1S/C8H5BrN4O/c9-7-3-6(4-11-5-7)1-2-8(14)12-13-10/h1-5H. The first-order valence-electron chi connectivity index (χ1n) is 3.60. The second-order valence-corrected chi connectivity index (χ2v) is 3.21. The summed E-state index contributed by atoms with van der Waals surface area (Å²) in [7, 11) is 0. The van der Waals surface area contributed by atoms with Crippen LogP contribution in [0, 0.1) is 0 Å². The molecule has 0 unspecified atom stereocenters. The number of carbonyl (C=O) groups is 1. The molecule has 0 spiro atoms. The molecular formula is C8H5BrN4O. The van der Waals surface area contributed by atoms with E-state index in [1.165, 1.54) is 12.2 Å². The van der Waals surface area contributed by atoms with Crippen molar-refractivity contribution < 1.29 is 4.79 Å². The minimum absolute atomic E-state index is 0.632. The third-order valence-electron chi connectivity index (χ3n) is 1.29. The van der Waals surface area contributed by atoms with Crippen LogP contribution in [0.15, 0.2) is 34.1 Å². The maximum absolute atomic E-state index is 10.8. The number of hydrogen-bond donors (Lipinski definition) is 0. The summed E-state index contributed by atoms with van der Waals surface area (Å²) in [4.78, 5) is 17.0. The number of rotatable bonds is 2. The molecular weight excluding hydrogens is 248 g/mol. The van der Waals surface area contributed by atoms with Crippen molar-refractivity contribution in [3.05, 3.63) is 45.0 Å². The van der Waals surface area contributed by atoms with Gasteiger partial charge in [0, 0.05) is 21.8 Å². The van der Waals surface area contributed by atoms with Crippen LogP contribution in [0.25, 0.3) is 16.5 Å². The number of halogens is 1. The van der Waals surface area contributed by atoms with Gasteiger partial charge in [-0.05, 0) is 50.4 Å². The zero-order chi connectivity index (χ0) is 10.4. The maximum atomic E-state index is 10.8. The summed E-state index contributed by atoms with van der Waals surface area (Å²) < 4.78 is 0.816. The summed E-state index contributed by atoms with van der Waals surface area (Å²) in [6.45, 7) is 0. The summed E-state index contributed by atoms with van der Waals surface area (Å²) in [6, 6.07) is 1.78. The number of azide groups is 1. The van der Waals surface area contributed by atoms with Crippen molar-refractivity contribution in [3.8, 4) is 0 Å². The van der Waals surface area contributed by atoms with Gasteiger partial charge in [-0.15, -0.1) is 0 Å². The highest BCUT2D eigenvalue weighted by molar-refractivity contribution is 9.10. The van der Waals surface area contributed by atoms with Crippen LogP contribution >= 0.6 is 15.9 Å². The Bertz CT molecular complexity index is 423. The number of amides is 1. The number of hydrogen-bond acceptors (Lipinski definition) is 2. The Morgan fingerprint density at radius 1 is 1.64 bits per heavy atom. The summed E-state index contributed by atoms with van der Waals surface area (Å²) in [5, 5.41) is 2.88. The molecule has 0 aliphatic rings. The van der Waals surface area contributed by atoms with E-state index >= 15 is 0 Å². The second-order valence-electron chi connectivity index (χ2n) is 2.30. The van der Waals surface area contributed by atoms with Gasteiger partial charge in [-0.3, -0.25) is 9.78 Å². The van der Waals surface area contributed by atoms with Crippen molar-refractivity contribution in [2.24, 2.45) is 5.11 Å². The Morgan fingerprint density at radius 2 is 2.43 bits per heavy atom. The molecule has 0 N–H and O–H groups in total. The zero-order valence-corrected chi connectivity index (χ0v) is 8.55. The van der Waals surface area contributed by atoms with Gasteiger partial charge in [0.15, 0.2) is 0 Å². The van der Waals surface area contributed by atoms with Gasteiger partial charge in [-0.2, -0.15) is 0 Å². The summed E-state index contributed by atoms with van der Waals surface area (Å²) in [5.41, 5.74) is 8.71. The Labute approximate surface area is 88.2 Å². The predicted molar refractivity (Wildman–Crippen MR) is 55.1 cm³/mol. The van der Waals surface area contributed by atoms with Gasteiger partial charge in [-0.1, -0.05) is 0 Å². The van der Waals surface area contributed by atoms with E-state index in [0.29, 0.717) is 0 Å². The minimum atomic E-state index is -0.632. The van der Waals surface area contributed by atoms with E-state index in [0.717, 1.165) is 10.0 Å². The van der Waals surface area contributed by atoms with Crippen LogP contribution in [0.1, 0.15) is 5.56 Å². The van der Waals surface area contributed by atoms with Gasteiger partial charge in [-0.25, -0.2) is 0 Å². The predicted octanol–water partition coefficient (Wildman–Crippen LogP) is 2.69. The van der Waals surface area contributed by atoms with Crippen molar-refractivity contribution in [2.75, 3.05) is 0 Å². The number of aromatic nitrogens is 1. The largest absolute Gasteiger partial charge is 0.288 e. The van der Waals surface area contributed by atoms with Gasteiger partial charge in [0.2, 0.25) is 5.91 Å². The van der Waals surface area contributed by atoms with E-state index < -0.39 is 5.91 Å². The highest BCUT2D eigenvalue weighted by Crippen LogP contribution is 2.10. The molecule has 14 heavy (non-hydrogen) atoms. The molecule has 0 atom stereocenters. The average Bonchev–Trinajstić information content (AvgIpc) is 2.15. The lowest BCUT2D eigenvalue weighted by Gasteiger charge is -1.91. The first-order valence-corrected chi connectivity index (χ1v) is 4.39. The molecule has 0 saturated carbocycles. The van der Waals surface area contributed by atoms with Crippen LogP contribution in [0.5, 0.6) is 0 Å². The molecule has 1 rings (SSSR count). The molecule has 0 aromatic carbocycles. The Balaban J connectivity index is 2.78. The molecule has 0 aliphatic carbocycles. The molecule has 0 radical (unpaired) electrons. The van der Waals surface area contributed by atoms with Gasteiger partial charge in [0.05, 0.1) is 0 Å². The third kappa shape index (κ3) is 3.38. The monoisotopic (exact) mass is 252 g/mol. The lowest BCUT2D eigenvalue weighted by Crippen LogP contribution is -1.83. The van der Waals surface area contributed by atoms with Crippen LogP contribution in [0.2, 0.25) is 0 Å². The van der Waals surface area contributed by atoms with E-state index in [1.807, 2.05) is 0 Å². The van der Waals surface area contributed by atoms with Crippen molar-refractivity contribution in [1.82, 2.24) is 4.98 Å². The van der Waals surface area contributed by atoms with Crippen LogP contribution in [-0.2, 0) is 4.79 Å². The molecule has 1 aromatic heterocycles. The number of pyridine rings is 1. The van der Waals surface area contributed by atoms with Crippen molar-refractivity contribution in [1.29, 1.82) is 0 Å². The quantitative estimate of drug-likeness (QED) is 0.351. The van der Waals surface area contributed by atoms with E-state index in [1.54, 1.807) is 18.5 Å². The van der Waals surface area contributed by atoms with E-state index in [9.17, 15) is 4.79 Å². The first-order chi connectivity index (χ1) is 6.72. The van der Waals surface area contributed by atoms with Crippen molar-refractivity contribution >= 4 is 27.9 Å². The first kappa shape index (κ1) is 10.4.